The lowest BCUT2D eigenvalue weighted by molar-refractivity contribution is -0.181. The second-order valence-electron chi connectivity index (χ2n) is 7.68. The first-order chi connectivity index (χ1) is 14.1. The molecule has 0 fully saturated rings. The Kier molecular flexibility index (Phi) is 8.36. The molecule has 2 rings (SSSR count). The maximum Gasteiger partial charge on any atom is 0.407 e. The van der Waals surface area contributed by atoms with Crippen LogP contribution >= 0.6 is 15.9 Å². The number of aliphatic imine (C=N–C) groups is 1. The van der Waals surface area contributed by atoms with E-state index < -0.39 is 11.7 Å². The number of alkyl carbamates (subject to hydrolysis) is 1. The van der Waals surface area contributed by atoms with E-state index in [2.05, 4.69) is 31.2 Å². The highest BCUT2D eigenvalue weighted by atomic mass is 79.9. The molecule has 30 heavy (non-hydrogen) atoms. The lowest BCUT2D eigenvalue weighted by Crippen LogP contribution is -2.38. The topological polar surface area (TPSA) is 119 Å². The van der Waals surface area contributed by atoms with Gasteiger partial charge in [0.1, 0.15) is 16.0 Å². The predicted octanol–water partition coefficient (Wildman–Crippen LogP) is 3.31. The van der Waals surface area contributed by atoms with Crippen molar-refractivity contribution in [2.24, 2.45) is 10.7 Å². The normalized spacial score (nSPS) is 13.5. The van der Waals surface area contributed by atoms with Crippen LogP contribution in [0.25, 0.3) is 6.08 Å². The summed E-state index contributed by atoms with van der Waals surface area (Å²) in [5.41, 5.74) is 7.22. The molecule has 1 aromatic heterocycles. The molecule has 2 amide bonds. The number of rotatable bonds is 7. The maximum atomic E-state index is 13.1. The molecule has 164 valence electrons. The molecule has 9 nitrogen and oxygen atoms in total. The summed E-state index contributed by atoms with van der Waals surface area (Å²) in [7, 11) is 0. The number of hydrogen-bond donors (Lipinski definition) is 2. The maximum absolute atomic E-state index is 13.1. The van der Waals surface area contributed by atoms with Crippen molar-refractivity contribution in [3.8, 4) is 0 Å². The highest BCUT2D eigenvalue weighted by Crippen LogP contribution is 2.28. The summed E-state index contributed by atoms with van der Waals surface area (Å²) in [6, 6.07) is 1.74. The van der Waals surface area contributed by atoms with Gasteiger partial charge in [-0.15, -0.1) is 0 Å². The van der Waals surface area contributed by atoms with E-state index in [9.17, 15) is 9.59 Å². The van der Waals surface area contributed by atoms with Crippen LogP contribution in [0.2, 0.25) is 0 Å². The SMILES string of the molecule is CCCN(OCCNC(=O)OC(C)(C)C)C(=O)C1=Cc2cnc(Br)cc2N=C(N)C1. The number of nitrogens with zero attached hydrogens (tertiary/aromatic N) is 3. The fourth-order valence-corrected chi connectivity index (χ4v) is 2.93. The van der Waals surface area contributed by atoms with Crippen LogP contribution in [-0.2, 0) is 14.4 Å². The van der Waals surface area contributed by atoms with E-state index in [1.165, 1.54) is 5.06 Å². The van der Waals surface area contributed by atoms with E-state index in [0.29, 0.717) is 40.2 Å². The van der Waals surface area contributed by atoms with E-state index in [1.54, 1.807) is 39.1 Å². The van der Waals surface area contributed by atoms with Gasteiger partial charge in [-0.2, -0.15) is 0 Å². The van der Waals surface area contributed by atoms with Crippen LogP contribution in [-0.4, -0.2) is 53.2 Å². The van der Waals surface area contributed by atoms with E-state index >= 15 is 0 Å². The largest absolute Gasteiger partial charge is 0.444 e. The highest BCUT2D eigenvalue weighted by molar-refractivity contribution is 9.10. The molecule has 0 spiro atoms. The number of fused-ring (bicyclic) bond motifs is 1. The van der Waals surface area contributed by atoms with Gasteiger partial charge in [0.2, 0.25) is 0 Å². The molecule has 0 radical (unpaired) electrons. The molecule has 0 saturated carbocycles. The van der Waals surface area contributed by atoms with Crippen LogP contribution in [0.4, 0.5) is 10.5 Å². The van der Waals surface area contributed by atoms with Crippen molar-refractivity contribution in [1.82, 2.24) is 15.4 Å². The average Bonchev–Trinajstić information content (AvgIpc) is 2.79. The van der Waals surface area contributed by atoms with Gasteiger partial charge in [0.05, 0.1) is 12.3 Å². The predicted molar refractivity (Wildman–Crippen MR) is 118 cm³/mol. The summed E-state index contributed by atoms with van der Waals surface area (Å²) in [4.78, 5) is 39.0. The minimum atomic E-state index is -0.580. The lowest BCUT2D eigenvalue weighted by Gasteiger charge is -2.23. The monoisotopic (exact) mass is 481 g/mol. The van der Waals surface area contributed by atoms with Crippen molar-refractivity contribution >= 4 is 45.5 Å². The van der Waals surface area contributed by atoms with Gasteiger partial charge in [0.15, 0.2) is 0 Å². The van der Waals surface area contributed by atoms with Crippen molar-refractivity contribution < 1.29 is 19.2 Å². The Hall–Kier alpha value is -2.46. The zero-order valence-corrected chi connectivity index (χ0v) is 19.3. The summed E-state index contributed by atoms with van der Waals surface area (Å²) < 4.78 is 5.80. The first-order valence-corrected chi connectivity index (χ1v) is 10.5. The van der Waals surface area contributed by atoms with Crippen LogP contribution in [0.5, 0.6) is 0 Å². The number of halogens is 1. The average molecular weight is 482 g/mol. The van der Waals surface area contributed by atoms with Crippen molar-refractivity contribution in [3.05, 3.63) is 28.0 Å². The number of amidine groups is 1. The van der Waals surface area contributed by atoms with Crippen LogP contribution in [0, 0.1) is 0 Å². The summed E-state index contributed by atoms with van der Waals surface area (Å²) >= 11 is 3.31. The number of carbonyl (C=O) groups is 2. The number of hydroxylamine groups is 2. The third kappa shape index (κ3) is 7.42. The quantitative estimate of drug-likeness (QED) is 0.350. The molecule has 0 aromatic carbocycles. The van der Waals surface area contributed by atoms with Crippen molar-refractivity contribution in [2.75, 3.05) is 19.7 Å². The van der Waals surface area contributed by atoms with Gasteiger partial charge in [0, 0.05) is 36.8 Å². The summed E-state index contributed by atoms with van der Waals surface area (Å²) in [5.74, 6) is 0.0255. The number of aromatic nitrogens is 1. The third-order valence-electron chi connectivity index (χ3n) is 3.79. The zero-order valence-electron chi connectivity index (χ0n) is 17.7. The number of nitrogens with two attached hydrogens (primary N) is 1. The second kappa shape index (κ2) is 10.5. The van der Waals surface area contributed by atoms with Gasteiger partial charge in [0.25, 0.3) is 5.91 Å². The van der Waals surface area contributed by atoms with Crippen molar-refractivity contribution in [1.29, 1.82) is 0 Å². The highest BCUT2D eigenvalue weighted by Gasteiger charge is 2.22. The molecule has 0 aliphatic carbocycles. The molecule has 10 heteroatoms. The Morgan fingerprint density at radius 2 is 2.10 bits per heavy atom. The summed E-state index contributed by atoms with van der Waals surface area (Å²) in [5, 5.41) is 3.88. The van der Waals surface area contributed by atoms with Gasteiger partial charge in [-0.3, -0.25) is 9.63 Å². The lowest BCUT2D eigenvalue weighted by atomic mass is 10.1. The Bertz CT molecular complexity index is 848. The summed E-state index contributed by atoms with van der Waals surface area (Å²) in [6.07, 6.45) is 3.72. The number of nitrogens with one attached hydrogen (secondary N) is 1. The van der Waals surface area contributed by atoms with Crippen LogP contribution < -0.4 is 11.1 Å². The number of hydrogen-bond acceptors (Lipinski definition) is 7. The summed E-state index contributed by atoms with van der Waals surface area (Å²) in [6.45, 7) is 8.01. The molecule has 3 N–H and O–H groups in total. The molecular weight excluding hydrogens is 454 g/mol. The molecule has 2 heterocycles. The van der Waals surface area contributed by atoms with Gasteiger partial charge in [-0.25, -0.2) is 19.8 Å². The Morgan fingerprint density at radius 1 is 1.37 bits per heavy atom. The standard InChI is InChI=1S/C20H28BrN5O4/c1-5-7-26(29-8-6-23-19(28)30-20(2,3)4)18(27)13-9-14-12-24-16(21)11-15(14)25-17(22)10-13/h9,11-12H,5-8,10H2,1-4H3,(H2,22,25)(H,23,28). The first-order valence-electron chi connectivity index (χ1n) is 9.70. The van der Waals surface area contributed by atoms with Gasteiger partial charge >= 0.3 is 6.09 Å². The molecular formula is C20H28BrN5O4. The van der Waals surface area contributed by atoms with E-state index in [0.717, 1.165) is 0 Å². The number of amides is 2. The molecule has 0 atom stereocenters. The number of pyridine rings is 1. The molecule has 1 aromatic rings. The fraction of sp³-hybridized carbons (Fsp3) is 0.500. The van der Waals surface area contributed by atoms with Crippen molar-refractivity contribution in [3.63, 3.8) is 0 Å². The smallest absolute Gasteiger partial charge is 0.407 e. The van der Waals surface area contributed by atoms with E-state index in [4.69, 9.17) is 15.3 Å². The minimum absolute atomic E-state index is 0.118. The number of ether oxygens (including phenoxy) is 1. The zero-order chi connectivity index (χ0) is 22.3. The van der Waals surface area contributed by atoms with Gasteiger partial charge in [-0.1, -0.05) is 6.92 Å². The molecule has 1 aliphatic heterocycles. The van der Waals surface area contributed by atoms with Crippen LogP contribution in [0.3, 0.4) is 0 Å². The first kappa shape index (κ1) is 23.8. The van der Waals surface area contributed by atoms with Gasteiger partial charge < -0.3 is 15.8 Å². The van der Waals surface area contributed by atoms with E-state index in [1.807, 2.05) is 6.92 Å². The molecule has 0 unspecified atom stereocenters. The van der Waals surface area contributed by atoms with Crippen LogP contribution in [0.15, 0.2) is 27.4 Å². The minimum Gasteiger partial charge on any atom is -0.444 e. The third-order valence-corrected chi connectivity index (χ3v) is 4.22. The molecule has 0 bridgehead atoms. The van der Waals surface area contributed by atoms with E-state index in [-0.39, 0.29) is 25.5 Å². The second-order valence-corrected chi connectivity index (χ2v) is 8.50. The Balaban J connectivity index is 2.03. The van der Waals surface area contributed by atoms with Gasteiger partial charge in [-0.05, 0) is 55.3 Å². The fourth-order valence-electron chi connectivity index (χ4n) is 2.62. The molecule has 0 saturated heterocycles. The van der Waals surface area contributed by atoms with Crippen LogP contribution in [0.1, 0.15) is 46.1 Å². The Morgan fingerprint density at radius 3 is 2.77 bits per heavy atom. The number of carbonyl (C=O) groups excluding carboxylic acids is 2. The Labute approximate surface area is 184 Å². The van der Waals surface area contributed by atoms with Crippen molar-refractivity contribution in [2.45, 2.75) is 46.1 Å². The molecule has 1 aliphatic rings.